The topological polar surface area (TPSA) is 222 Å². The van der Waals surface area contributed by atoms with Gasteiger partial charge in [0.15, 0.2) is 0 Å². The number of carboxylic acids is 2. The number of thiol groups is 1. The van der Waals surface area contributed by atoms with Crippen LogP contribution in [0.3, 0.4) is 0 Å². The predicted molar refractivity (Wildman–Crippen MR) is 104 cm³/mol. The van der Waals surface area contributed by atoms with E-state index in [0.717, 1.165) is 4.90 Å². The number of hydrogen-bond acceptors (Lipinski definition) is 8. The van der Waals surface area contributed by atoms with Gasteiger partial charge in [0.2, 0.25) is 23.6 Å². The Labute approximate surface area is 176 Å². The molecular formula is C16H25N5O8S. The second kappa shape index (κ2) is 11.3. The van der Waals surface area contributed by atoms with Crippen LogP contribution in [0.5, 0.6) is 0 Å². The Kier molecular flexibility index (Phi) is 9.52. The molecule has 4 unspecified atom stereocenters. The quantitative estimate of drug-likeness (QED) is 0.157. The number of carboxylic acid groups (broad SMARTS) is 2. The van der Waals surface area contributed by atoms with E-state index < -0.39 is 72.6 Å². The zero-order valence-electron chi connectivity index (χ0n) is 15.9. The second-order valence-corrected chi connectivity index (χ2v) is 7.07. The van der Waals surface area contributed by atoms with E-state index >= 15 is 0 Å². The fourth-order valence-electron chi connectivity index (χ4n) is 2.91. The minimum atomic E-state index is -1.60. The number of aliphatic carboxylic acids is 2. The third-order valence-electron chi connectivity index (χ3n) is 4.39. The molecule has 0 aliphatic carbocycles. The standard InChI is InChI=1S/C16H25N5O8S/c17-7(6-30)13(25)19-8(5-12(23)24)14(26)20-9(4-11(18)22)15(27)21-3-1-2-10(21)16(28)29/h7-10,30H,1-6,17H2,(H2,18,22)(H,19,25)(H,20,26)(H,23,24)(H,28,29). The highest BCUT2D eigenvalue weighted by molar-refractivity contribution is 7.80. The zero-order chi connectivity index (χ0) is 23.0. The number of amides is 4. The van der Waals surface area contributed by atoms with Gasteiger partial charge in [0, 0.05) is 12.3 Å². The number of carbonyl (C=O) groups excluding carboxylic acids is 4. The number of rotatable bonds is 11. The molecule has 1 aliphatic rings. The molecule has 4 amide bonds. The highest BCUT2D eigenvalue weighted by Gasteiger charge is 2.39. The number of nitrogens with one attached hydrogen (secondary N) is 2. The molecule has 0 aromatic heterocycles. The Bertz CT molecular complexity index is 718. The van der Waals surface area contributed by atoms with Crippen molar-refractivity contribution in [3.63, 3.8) is 0 Å². The summed E-state index contributed by atoms with van der Waals surface area (Å²) in [6.07, 6.45) is -0.843. The first kappa shape index (κ1) is 25.2. The van der Waals surface area contributed by atoms with Gasteiger partial charge >= 0.3 is 11.9 Å². The van der Waals surface area contributed by atoms with Crippen molar-refractivity contribution < 1.29 is 39.0 Å². The fourth-order valence-corrected chi connectivity index (χ4v) is 3.07. The average molecular weight is 447 g/mol. The first-order valence-corrected chi connectivity index (χ1v) is 9.61. The monoisotopic (exact) mass is 447 g/mol. The van der Waals surface area contributed by atoms with Crippen LogP contribution >= 0.6 is 12.6 Å². The molecule has 0 radical (unpaired) electrons. The molecule has 1 saturated heterocycles. The van der Waals surface area contributed by atoms with E-state index in [-0.39, 0.29) is 18.7 Å². The van der Waals surface area contributed by atoms with Crippen LogP contribution in [0.1, 0.15) is 25.7 Å². The van der Waals surface area contributed by atoms with Crippen LogP contribution in [0, 0.1) is 0 Å². The summed E-state index contributed by atoms with van der Waals surface area (Å²) < 4.78 is 0. The van der Waals surface area contributed by atoms with Gasteiger partial charge in [-0.2, -0.15) is 12.6 Å². The second-order valence-electron chi connectivity index (χ2n) is 6.71. The van der Waals surface area contributed by atoms with E-state index in [1.54, 1.807) is 0 Å². The molecule has 1 fully saturated rings. The van der Waals surface area contributed by atoms with Gasteiger partial charge in [0.25, 0.3) is 0 Å². The molecule has 13 nitrogen and oxygen atoms in total. The summed E-state index contributed by atoms with van der Waals surface area (Å²) in [6.45, 7) is 0.104. The minimum absolute atomic E-state index is 0.0679. The smallest absolute Gasteiger partial charge is 0.326 e. The van der Waals surface area contributed by atoms with Gasteiger partial charge in [-0.3, -0.25) is 24.0 Å². The number of carbonyl (C=O) groups is 6. The summed E-state index contributed by atoms with van der Waals surface area (Å²) in [7, 11) is 0. The van der Waals surface area contributed by atoms with E-state index in [2.05, 4.69) is 23.3 Å². The van der Waals surface area contributed by atoms with Crippen molar-refractivity contribution in [1.82, 2.24) is 15.5 Å². The molecule has 30 heavy (non-hydrogen) atoms. The molecular weight excluding hydrogens is 422 g/mol. The van der Waals surface area contributed by atoms with Crippen molar-refractivity contribution in [2.45, 2.75) is 49.9 Å². The number of likely N-dealkylation sites (tertiary alicyclic amines) is 1. The van der Waals surface area contributed by atoms with Crippen molar-refractivity contribution in [3.8, 4) is 0 Å². The van der Waals surface area contributed by atoms with E-state index in [4.69, 9.17) is 16.6 Å². The van der Waals surface area contributed by atoms with Gasteiger partial charge in [0.05, 0.1) is 18.9 Å². The Hall–Kier alpha value is -2.87. The summed E-state index contributed by atoms with van der Waals surface area (Å²) in [5, 5.41) is 22.6. The van der Waals surface area contributed by atoms with Gasteiger partial charge in [0.1, 0.15) is 18.1 Å². The first-order chi connectivity index (χ1) is 14.0. The third-order valence-corrected chi connectivity index (χ3v) is 4.78. The lowest BCUT2D eigenvalue weighted by atomic mass is 10.1. The molecule has 8 N–H and O–H groups in total. The summed E-state index contributed by atoms with van der Waals surface area (Å²) in [5.41, 5.74) is 10.6. The normalized spacial score (nSPS) is 18.7. The molecule has 1 aliphatic heterocycles. The van der Waals surface area contributed by atoms with E-state index in [1.165, 1.54) is 0 Å². The number of hydrogen-bond donors (Lipinski definition) is 7. The molecule has 4 atom stereocenters. The summed E-state index contributed by atoms with van der Waals surface area (Å²) in [5.74, 6) is -6.42. The summed E-state index contributed by atoms with van der Waals surface area (Å²) >= 11 is 3.84. The summed E-state index contributed by atoms with van der Waals surface area (Å²) in [6, 6.07) is -5.35. The lowest BCUT2D eigenvalue weighted by molar-refractivity contribution is -0.150. The summed E-state index contributed by atoms with van der Waals surface area (Å²) in [4.78, 5) is 72.0. The molecule has 1 rings (SSSR count). The maximum absolute atomic E-state index is 12.8. The molecule has 14 heteroatoms. The molecule has 0 bridgehead atoms. The first-order valence-electron chi connectivity index (χ1n) is 8.98. The molecule has 0 aromatic rings. The van der Waals surface area contributed by atoms with Gasteiger partial charge < -0.3 is 37.2 Å². The van der Waals surface area contributed by atoms with Crippen LogP contribution in [0.15, 0.2) is 0 Å². The van der Waals surface area contributed by atoms with Gasteiger partial charge in [-0.15, -0.1) is 0 Å². The largest absolute Gasteiger partial charge is 0.481 e. The molecule has 0 saturated carbocycles. The average Bonchev–Trinajstić information content (AvgIpc) is 3.14. The number of primary amides is 1. The van der Waals surface area contributed by atoms with E-state index in [9.17, 15) is 33.9 Å². The van der Waals surface area contributed by atoms with Crippen molar-refractivity contribution in [2.75, 3.05) is 12.3 Å². The lowest BCUT2D eigenvalue weighted by Crippen LogP contribution is -2.58. The van der Waals surface area contributed by atoms with E-state index in [0.29, 0.717) is 6.42 Å². The van der Waals surface area contributed by atoms with Crippen LogP contribution in [0.4, 0.5) is 0 Å². The van der Waals surface area contributed by atoms with Crippen molar-refractivity contribution in [1.29, 1.82) is 0 Å². The van der Waals surface area contributed by atoms with Crippen LogP contribution < -0.4 is 22.1 Å². The minimum Gasteiger partial charge on any atom is -0.481 e. The Morgan fingerprint density at radius 2 is 1.63 bits per heavy atom. The Morgan fingerprint density at radius 1 is 1.03 bits per heavy atom. The van der Waals surface area contributed by atoms with Crippen LogP contribution in [0.2, 0.25) is 0 Å². The molecule has 168 valence electrons. The van der Waals surface area contributed by atoms with Crippen LogP contribution in [-0.4, -0.2) is 87.1 Å². The van der Waals surface area contributed by atoms with Crippen LogP contribution in [0.25, 0.3) is 0 Å². The molecule has 0 aromatic carbocycles. The highest BCUT2D eigenvalue weighted by Crippen LogP contribution is 2.19. The Morgan fingerprint density at radius 3 is 2.13 bits per heavy atom. The maximum Gasteiger partial charge on any atom is 0.326 e. The molecule has 0 spiro atoms. The predicted octanol–water partition coefficient (Wildman–Crippen LogP) is -3.36. The van der Waals surface area contributed by atoms with Gasteiger partial charge in [-0.05, 0) is 12.8 Å². The van der Waals surface area contributed by atoms with Gasteiger partial charge in [-0.1, -0.05) is 0 Å². The Balaban J connectivity index is 3.01. The van der Waals surface area contributed by atoms with Crippen molar-refractivity contribution in [3.05, 3.63) is 0 Å². The van der Waals surface area contributed by atoms with E-state index in [1.807, 2.05) is 0 Å². The van der Waals surface area contributed by atoms with Crippen molar-refractivity contribution in [2.24, 2.45) is 11.5 Å². The molecule has 1 heterocycles. The maximum atomic E-state index is 12.8. The highest BCUT2D eigenvalue weighted by atomic mass is 32.1. The van der Waals surface area contributed by atoms with Gasteiger partial charge in [-0.25, -0.2) is 4.79 Å². The number of nitrogens with two attached hydrogens (primary N) is 2. The lowest BCUT2D eigenvalue weighted by Gasteiger charge is -2.28. The number of nitrogens with zero attached hydrogens (tertiary/aromatic N) is 1. The fraction of sp³-hybridized carbons (Fsp3) is 0.625. The van der Waals surface area contributed by atoms with Crippen molar-refractivity contribution >= 4 is 48.2 Å². The third kappa shape index (κ3) is 7.18. The van der Waals surface area contributed by atoms with Crippen LogP contribution in [-0.2, 0) is 28.8 Å². The SMILES string of the molecule is NC(=O)CC(NC(=O)C(CC(=O)O)NC(=O)C(N)CS)C(=O)N1CCCC1C(=O)O. The zero-order valence-corrected chi connectivity index (χ0v) is 16.8.